The summed E-state index contributed by atoms with van der Waals surface area (Å²) in [6, 6.07) is 0. The van der Waals surface area contributed by atoms with Crippen molar-refractivity contribution in [1.82, 2.24) is 0 Å². The largest absolute Gasteiger partial charge is 0.462 e. The minimum Gasteiger partial charge on any atom is -0.462 e. The molecule has 0 aromatic carbocycles. The Bertz CT molecular complexity index is 291. The molecule has 0 aliphatic heterocycles. The number of hydrogen-bond donors (Lipinski definition) is 0. The molecule has 96 valence electrons. The summed E-state index contributed by atoms with van der Waals surface area (Å²) in [6.45, 7) is 2.26. The van der Waals surface area contributed by atoms with Crippen LogP contribution in [0.3, 0.4) is 0 Å². The van der Waals surface area contributed by atoms with Gasteiger partial charge in [0.15, 0.2) is 0 Å². The molecule has 3 unspecified atom stereocenters. The van der Waals surface area contributed by atoms with Gasteiger partial charge in [-0.1, -0.05) is 13.3 Å². The molecule has 2 bridgehead atoms. The van der Waals surface area contributed by atoms with Gasteiger partial charge < -0.3 is 4.74 Å². The van der Waals surface area contributed by atoms with E-state index in [1.807, 2.05) is 0 Å². The van der Waals surface area contributed by atoms with Crippen LogP contribution in [0.2, 0.25) is 0 Å². The third-order valence-corrected chi connectivity index (χ3v) is 5.44. The van der Waals surface area contributed by atoms with Crippen molar-refractivity contribution in [2.45, 2.75) is 64.4 Å². The predicted octanol–water partition coefficient (Wildman–Crippen LogP) is 3.54. The fourth-order valence-electron chi connectivity index (χ4n) is 4.41. The van der Waals surface area contributed by atoms with E-state index in [9.17, 15) is 4.79 Å². The number of esters is 1. The molecule has 2 heteroatoms. The molecular weight excluding hydrogens is 212 g/mol. The summed E-state index contributed by atoms with van der Waals surface area (Å²) < 4.78 is 5.76. The Hall–Kier alpha value is -0.530. The predicted molar refractivity (Wildman–Crippen MR) is 66.5 cm³/mol. The number of ether oxygens (including phenoxy) is 1. The van der Waals surface area contributed by atoms with E-state index in [-0.39, 0.29) is 18.0 Å². The van der Waals surface area contributed by atoms with Gasteiger partial charge in [-0.15, -0.1) is 0 Å². The van der Waals surface area contributed by atoms with Gasteiger partial charge in [-0.2, -0.15) is 0 Å². The van der Waals surface area contributed by atoms with Crippen molar-refractivity contribution in [3.63, 3.8) is 0 Å². The highest BCUT2D eigenvalue weighted by Crippen LogP contribution is 2.52. The van der Waals surface area contributed by atoms with E-state index in [0.717, 1.165) is 18.8 Å². The van der Waals surface area contributed by atoms with Crippen molar-refractivity contribution in [2.24, 2.45) is 23.7 Å². The molecule has 3 aliphatic carbocycles. The second-order valence-electron chi connectivity index (χ2n) is 6.42. The first kappa shape index (κ1) is 11.6. The lowest BCUT2D eigenvalue weighted by atomic mass is 9.80. The van der Waals surface area contributed by atoms with Crippen LogP contribution in [0.15, 0.2) is 0 Å². The fraction of sp³-hybridized carbons (Fsp3) is 0.933. The Balaban J connectivity index is 1.58. The maximum atomic E-state index is 12.3. The second-order valence-corrected chi connectivity index (χ2v) is 6.42. The molecule has 0 saturated heterocycles. The van der Waals surface area contributed by atoms with Crippen LogP contribution in [-0.4, -0.2) is 12.1 Å². The zero-order valence-corrected chi connectivity index (χ0v) is 10.9. The number of fused-ring (bicyclic) bond motifs is 2. The van der Waals surface area contributed by atoms with Gasteiger partial charge in [-0.25, -0.2) is 0 Å². The Morgan fingerprint density at radius 3 is 2.35 bits per heavy atom. The Labute approximate surface area is 104 Å². The topological polar surface area (TPSA) is 26.3 Å². The lowest BCUT2D eigenvalue weighted by Gasteiger charge is -2.29. The van der Waals surface area contributed by atoms with Crippen molar-refractivity contribution >= 4 is 5.97 Å². The maximum Gasteiger partial charge on any atom is 0.309 e. The van der Waals surface area contributed by atoms with Crippen LogP contribution < -0.4 is 0 Å². The van der Waals surface area contributed by atoms with Crippen LogP contribution >= 0.6 is 0 Å². The minimum atomic E-state index is 0.136. The summed E-state index contributed by atoms with van der Waals surface area (Å²) in [4.78, 5) is 12.3. The molecule has 0 aromatic heterocycles. The van der Waals surface area contributed by atoms with Crippen molar-refractivity contribution in [3.8, 4) is 0 Å². The highest BCUT2D eigenvalue weighted by molar-refractivity contribution is 5.74. The van der Waals surface area contributed by atoms with E-state index in [1.165, 1.54) is 38.5 Å². The smallest absolute Gasteiger partial charge is 0.309 e. The molecule has 2 nitrogen and oxygen atoms in total. The summed E-state index contributed by atoms with van der Waals surface area (Å²) in [7, 11) is 0. The SMILES string of the molecule is C[C@@H]1C2CCC(C2)C1C(=O)OC1CCCCC1. The first-order valence-electron chi connectivity index (χ1n) is 7.46. The van der Waals surface area contributed by atoms with Crippen LogP contribution in [-0.2, 0) is 9.53 Å². The van der Waals surface area contributed by atoms with Gasteiger partial charge >= 0.3 is 5.97 Å². The number of carbonyl (C=O) groups excluding carboxylic acids is 1. The van der Waals surface area contributed by atoms with Crippen molar-refractivity contribution in [2.75, 3.05) is 0 Å². The monoisotopic (exact) mass is 236 g/mol. The minimum absolute atomic E-state index is 0.136. The van der Waals surface area contributed by atoms with E-state index in [4.69, 9.17) is 4.74 Å². The third kappa shape index (κ3) is 2.11. The zero-order chi connectivity index (χ0) is 11.8. The van der Waals surface area contributed by atoms with Gasteiger partial charge in [0.05, 0.1) is 5.92 Å². The van der Waals surface area contributed by atoms with Gasteiger partial charge in [0.2, 0.25) is 0 Å². The van der Waals surface area contributed by atoms with Gasteiger partial charge in [0.1, 0.15) is 6.10 Å². The van der Waals surface area contributed by atoms with Crippen LogP contribution in [0.1, 0.15) is 58.3 Å². The molecule has 4 atom stereocenters. The molecule has 0 aromatic rings. The Morgan fingerprint density at radius 1 is 1.00 bits per heavy atom. The zero-order valence-electron chi connectivity index (χ0n) is 10.9. The number of hydrogen-bond acceptors (Lipinski definition) is 2. The molecule has 0 heterocycles. The quantitative estimate of drug-likeness (QED) is 0.685. The lowest BCUT2D eigenvalue weighted by Crippen LogP contribution is -2.32. The molecule has 3 rings (SSSR count). The second kappa shape index (κ2) is 4.62. The number of carbonyl (C=O) groups is 1. The van der Waals surface area contributed by atoms with Gasteiger partial charge in [-0.05, 0) is 62.7 Å². The normalized spacial score (nSPS) is 41.7. The van der Waals surface area contributed by atoms with Gasteiger partial charge in [0, 0.05) is 0 Å². The fourth-order valence-corrected chi connectivity index (χ4v) is 4.41. The standard InChI is InChI=1S/C15H24O2/c1-10-11-7-8-12(9-11)14(10)15(16)17-13-5-3-2-4-6-13/h10-14H,2-9H2,1H3/t10-,11?,12?,14?/m1/s1. The molecule has 0 spiro atoms. The van der Waals surface area contributed by atoms with E-state index < -0.39 is 0 Å². The van der Waals surface area contributed by atoms with Crippen LogP contribution in [0.5, 0.6) is 0 Å². The van der Waals surface area contributed by atoms with E-state index in [1.54, 1.807) is 0 Å². The molecule has 3 fully saturated rings. The summed E-state index contributed by atoms with van der Waals surface area (Å²) in [5.41, 5.74) is 0. The van der Waals surface area contributed by atoms with Crippen molar-refractivity contribution < 1.29 is 9.53 Å². The molecule has 0 N–H and O–H groups in total. The van der Waals surface area contributed by atoms with E-state index >= 15 is 0 Å². The maximum absolute atomic E-state index is 12.3. The molecule has 0 radical (unpaired) electrons. The number of rotatable bonds is 2. The van der Waals surface area contributed by atoms with E-state index in [2.05, 4.69) is 6.92 Å². The lowest BCUT2D eigenvalue weighted by molar-refractivity contribution is -0.159. The average Bonchev–Trinajstić information content (AvgIpc) is 2.90. The Kier molecular flexibility index (Phi) is 3.14. The van der Waals surface area contributed by atoms with Crippen LogP contribution in [0.4, 0.5) is 0 Å². The average molecular weight is 236 g/mol. The highest BCUT2D eigenvalue weighted by Gasteiger charge is 2.49. The molecular formula is C15H24O2. The summed E-state index contributed by atoms with van der Waals surface area (Å²) in [6.07, 6.45) is 10.1. The summed E-state index contributed by atoms with van der Waals surface area (Å²) >= 11 is 0. The van der Waals surface area contributed by atoms with Crippen molar-refractivity contribution in [1.29, 1.82) is 0 Å². The first-order chi connectivity index (χ1) is 8.25. The van der Waals surface area contributed by atoms with Gasteiger partial charge in [-0.3, -0.25) is 4.79 Å². The van der Waals surface area contributed by atoms with E-state index in [0.29, 0.717) is 11.8 Å². The summed E-state index contributed by atoms with van der Waals surface area (Å²) in [5, 5.41) is 0. The molecule has 3 aliphatic rings. The molecule has 0 amide bonds. The van der Waals surface area contributed by atoms with Crippen LogP contribution in [0.25, 0.3) is 0 Å². The highest BCUT2D eigenvalue weighted by atomic mass is 16.5. The summed E-state index contributed by atoms with van der Waals surface area (Å²) in [5.74, 6) is 2.40. The third-order valence-electron chi connectivity index (χ3n) is 5.44. The van der Waals surface area contributed by atoms with Crippen molar-refractivity contribution in [3.05, 3.63) is 0 Å². The molecule has 3 saturated carbocycles. The molecule has 17 heavy (non-hydrogen) atoms. The Morgan fingerprint density at radius 2 is 1.71 bits per heavy atom. The van der Waals surface area contributed by atoms with Crippen LogP contribution in [0, 0.1) is 23.7 Å². The van der Waals surface area contributed by atoms with Gasteiger partial charge in [0.25, 0.3) is 0 Å². The first-order valence-corrected chi connectivity index (χ1v) is 7.46.